The van der Waals surface area contributed by atoms with Crippen LogP contribution in [0, 0.1) is 6.92 Å². The van der Waals surface area contributed by atoms with Crippen molar-refractivity contribution in [3.05, 3.63) is 64.7 Å². The van der Waals surface area contributed by atoms with Crippen LogP contribution in [0.5, 0.6) is 5.75 Å². The zero-order chi connectivity index (χ0) is 24.4. The number of fused-ring (bicyclic) bond motifs is 3. The Morgan fingerprint density at radius 3 is 2.74 bits per heavy atom. The summed E-state index contributed by atoms with van der Waals surface area (Å²) >= 11 is 0. The smallest absolute Gasteiger partial charge is 0.246 e. The van der Waals surface area contributed by atoms with Crippen LogP contribution in [0.2, 0.25) is 0 Å². The van der Waals surface area contributed by atoms with Crippen LogP contribution in [0.3, 0.4) is 0 Å². The third-order valence-electron chi connectivity index (χ3n) is 7.29. The van der Waals surface area contributed by atoms with Crippen LogP contribution in [0.1, 0.15) is 54.7 Å². The molecular weight excluding hydrogens is 438 g/mol. The summed E-state index contributed by atoms with van der Waals surface area (Å²) < 4.78 is 12.4. The maximum atomic E-state index is 13.2. The van der Waals surface area contributed by atoms with Crippen molar-refractivity contribution in [2.75, 3.05) is 32.8 Å². The van der Waals surface area contributed by atoms with E-state index in [4.69, 9.17) is 9.15 Å². The number of benzene rings is 1. The first-order valence-corrected chi connectivity index (χ1v) is 12.8. The molecule has 1 saturated heterocycles. The number of hydrogen-bond acceptors (Lipinski definition) is 5. The highest BCUT2D eigenvalue weighted by atomic mass is 16.5. The Balaban J connectivity index is 1.35. The number of allylic oxidation sites excluding steroid dienone is 1. The van der Waals surface area contributed by atoms with E-state index in [1.807, 2.05) is 31.0 Å². The normalized spacial score (nSPS) is 17.0. The van der Waals surface area contributed by atoms with E-state index in [1.165, 1.54) is 29.4 Å². The lowest BCUT2D eigenvalue weighted by Crippen LogP contribution is -2.47. The predicted octanol–water partition coefficient (Wildman–Crippen LogP) is 5.16. The van der Waals surface area contributed by atoms with Gasteiger partial charge in [0.15, 0.2) is 0 Å². The number of ether oxygens (including phenoxy) is 1. The van der Waals surface area contributed by atoms with Gasteiger partial charge >= 0.3 is 0 Å². The Kier molecular flexibility index (Phi) is 6.91. The number of nitrogens with zero attached hydrogens (tertiary/aromatic N) is 3. The Bertz CT molecular complexity index is 1240. The van der Waals surface area contributed by atoms with Gasteiger partial charge in [-0.2, -0.15) is 0 Å². The number of aromatic nitrogens is 1. The van der Waals surface area contributed by atoms with Crippen LogP contribution in [-0.4, -0.2) is 53.5 Å². The highest BCUT2D eigenvalue weighted by Gasteiger charge is 2.24. The zero-order valence-corrected chi connectivity index (χ0v) is 21.1. The molecule has 184 valence electrons. The van der Waals surface area contributed by atoms with Gasteiger partial charge < -0.3 is 14.1 Å². The minimum Gasteiger partial charge on any atom is -0.493 e. The van der Waals surface area contributed by atoms with Gasteiger partial charge in [0.25, 0.3) is 0 Å². The van der Waals surface area contributed by atoms with E-state index in [0.717, 1.165) is 79.4 Å². The molecule has 2 aliphatic rings. The van der Waals surface area contributed by atoms with Crippen LogP contribution in [0.4, 0.5) is 0 Å². The van der Waals surface area contributed by atoms with Crippen molar-refractivity contribution in [2.45, 2.75) is 53.0 Å². The molecule has 1 fully saturated rings. The minimum absolute atomic E-state index is 0.0675. The van der Waals surface area contributed by atoms with Crippen molar-refractivity contribution >= 4 is 22.4 Å². The van der Waals surface area contributed by atoms with Crippen molar-refractivity contribution in [3.63, 3.8) is 0 Å². The van der Waals surface area contributed by atoms with Crippen molar-refractivity contribution < 1.29 is 13.9 Å². The topological polar surface area (TPSA) is 58.8 Å². The second-order valence-electron chi connectivity index (χ2n) is 9.69. The molecule has 0 radical (unpaired) electrons. The molecule has 1 aliphatic carbocycles. The maximum Gasteiger partial charge on any atom is 0.246 e. The minimum atomic E-state index is 0.0675. The molecule has 1 aromatic carbocycles. The van der Waals surface area contributed by atoms with E-state index in [9.17, 15) is 4.79 Å². The Morgan fingerprint density at radius 1 is 1.20 bits per heavy atom. The molecule has 1 aliphatic heterocycles. The lowest BCUT2D eigenvalue weighted by atomic mass is 9.93. The van der Waals surface area contributed by atoms with Crippen LogP contribution >= 0.6 is 0 Å². The Morgan fingerprint density at radius 2 is 2.00 bits per heavy atom. The number of aryl methyl sites for hydroxylation is 3. The molecule has 3 aromatic rings. The first kappa shape index (κ1) is 23.6. The summed E-state index contributed by atoms with van der Waals surface area (Å²) in [6, 6.07) is 6.26. The van der Waals surface area contributed by atoms with Crippen LogP contribution < -0.4 is 4.74 Å². The standard InChI is InChI=1S/C29H35N3O3/c1-4-34-28-21(3)29-25(23-9-5-6-10-26(23)35-29)17-24(28)20(2)16-27(33)32-14-12-31(13-15-32)19-22-8-7-11-30-18-22/h7-8,11,16-18H,4-6,9-10,12-15,19H2,1-3H3/b20-16+. The molecule has 6 heteroatoms. The van der Waals surface area contributed by atoms with E-state index < -0.39 is 0 Å². The first-order chi connectivity index (χ1) is 17.0. The second-order valence-corrected chi connectivity index (χ2v) is 9.69. The molecule has 5 rings (SSSR count). The second kappa shape index (κ2) is 10.2. The van der Waals surface area contributed by atoms with Gasteiger partial charge in [0.1, 0.15) is 17.1 Å². The molecule has 0 spiro atoms. The monoisotopic (exact) mass is 473 g/mol. The summed E-state index contributed by atoms with van der Waals surface area (Å²) in [5, 5.41) is 1.18. The Hall–Kier alpha value is -3.12. The lowest BCUT2D eigenvalue weighted by Gasteiger charge is -2.34. The summed E-state index contributed by atoms with van der Waals surface area (Å²) in [4.78, 5) is 21.7. The van der Waals surface area contributed by atoms with Gasteiger partial charge in [0, 0.05) is 79.7 Å². The van der Waals surface area contributed by atoms with Crippen LogP contribution in [0.15, 0.2) is 41.1 Å². The molecule has 0 N–H and O–H groups in total. The summed E-state index contributed by atoms with van der Waals surface area (Å²) in [6.45, 7) is 10.7. The average Bonchev–Trinajstić information content (AvgIpc) is 3.26. The van der Waals surface area contributed by atoms with E-state index in [0.29, 0.717) is 6.61 Å². The molecule has 1 amide bonds. The summed E-state index contributed by atoms with van der Waals surface area (Å²) in [7, 11) is 0. The number of rotatable bonds is 6. The number of carbonyl (C=O) groups is 1. The molecular formula is C29H35N3O3. The number of furan rings is 1. The summed E-state index contributed by atoms with van der Waals surface area (Å²) in [5.74, 6) is 2.02. The van der Waals surface area contributed by atoms with Crippen LogP contribution in [-0.2, 0) is 24.2 Å². The fourth-order valence-corrected chi connectivity index (χ4v) is 5.39. The number of carbonyl (C=O) groups excluding carboxylic acids is 1. The summed E-state index contributed by atoms with van der Waals surface area (Å²) in [6.07, 6.45) is 9.93. The lowest BCUT2D eigenvalue weighted by molar-refractivity contribution is -0.127. The van der Waals surface area contributed by atoms with Gasteiger partial charge in [-0.25, -0.2) is 0 Å². The van der Waals surface area contributed by atoms with E-state index in [-0.39, 0.29) is 5.91 Å². The predicted molar refractivity (Wildman–Crippen MR) is 139 cm³/mol. The molecule has 6 nitrogen and oxygen atoms in total. The number of piperazine rings is 1. The van der Waals surface area contributed by atoms with Gasteiger partial charge in [-0.15, -0.1) is 0 Å². The fraction of sp³-hybridized carbons (Fsp3) is 0.448. The molecule has 3 heterocycles. The van der Waals surface area contributed by atoms with E-state index >= 15 is 0 Å². The van der Waals surface area contributed by atoms with Crippen molar-refractivity contribution in [3.8, 4) is 5.75 Å². The van der Waals surface area contributed by atoms with Crippen LogP contribution in [0.25, 0.3) is 16.5 Å². The van der Waals surface area contributed by atoms with Gasteiger partial charge in [0.2, 0.25) is 5.91 Å². The third-order valence-corrected chi connectivity index (χ3v) is 7.29. The van der Waals surface area contributed by atoms with E-state index in [2.05, 4.69) is 28.9 Å². The van der Waals surface area contributed by atoms with E-state index in [1.54, 1.807) is 12.3 Å². The average molecular weight is 474 g/mol. The van der Waals surface area contributed by atoms with Gasteiger partial charge in [-0.1, -0.05) is 6.07 Å². The van der Waals surface area contributed by atoms with Crippen molar-refractivity contribution in [2.24, 2.45) is 0 Å². The number of hydrogen-bond donors (Lipinski definition) is 0. The molecule has 0 unspecified atom stereocenters. The highest BCUT2D eigenvalue weighted by molar-refractivity contribution is 5.98. The molecule has 0 saturated carbocycles. The largest absolute Gasteiger partial charge is 0.493 e. The summed E-state index contributed by atoms with van der Waals surface area (Å²) in [5.41, 5.74) is 6.44. The number of amides is 1. The van der Waals surface area contributed by atoms with Crippen molar-refractivity contribution in [1.82, 2.24) is 14.8 Å². The van der Waals surface area contributed by atoms with Gasteiger partial charge in [-0.3, -0.25) is 14.7 Å². The molecule has 2 aromatic heterocycles. The SMILES string of the molecule is CCOc1c(/C(C)=C/C(=O)N2CCN(Cc3cccnc3)CC2)cc2c3c(oc2c1C)CCCC3. The highest BCUT2D eigenvalue weighted by Crippen LogP contribution is 2.41. The molecule has 35 heavy (non-hydrogen) atoms. The quantitative estimate of drug-likeness (QED) is 0.463. The Labute approximate surface area is 207 Å². The van der Waals surface area contributed by atoms with Gasteiger partial charge in [0.05, 0.1) is 6.61 Å². The molecule has 0 atom stereocenters. The fourth-order valence-electron chi connectivity index (χ4n) is 5.39. The zero-order valence-electron chi connectivity index (χ0n) is 21.1. The van der Waals surface area contributed by atoms with Gasteiger partial charge in [-0.05, 0) is 63.3 Å². The maximum absolute atomic E-state index is 13.2. The molecule has 0 bridgehead atoms. The van der Waals surface area contributed by atoms with Crippen molar-refractivity contribution in [1.29, 1.82) is 0 Å². The first-order valence-electron chi connectivity index (χ1n) is 12.8. The number of pyridine rings is 1. The third kappa shape index (κ3) is 4.85.